The van der Waals surface area contributed by atoms with Crippen LogP contribution in [0.1, 0.15) is 28.5 Å². The SMILES string of the molecule is Cc1nc(CNC(=O)NCc2ccc(F)c(CO)c2)oc1C. The number of amides is 2. The zero-order valence-electron chi connectivity index (χ0n) is 12.4. The van der Waals surface area contributed by atoms with Crippen LogP contribution in [0.3, 0.4) is 0 Å². The Morgan fingerprint density at radius 1 is 1.32 bits per heavy atom. The lowest BCUT2D eigenvalue weighted by molar-refractivity contribution is 0.239. The molecule has 2 rings (SSSR count). The summed E-state index contributed by atoms with van der Waals surface area (Å²) in [4.78, 5) is 15.8. The minimum atomic E-state index is -0.467. The van der Waals surface area contributed by atoms with E-state index < -0.39 is 5.82 Å². The Balaban J connectivity index is 1.82. The lowest BCUT2D eigenvalue weighted by atomic mass is 10.1. The molecule has 0 saturated carbocycles. The highest BCUT2D eigenvalue weighted by Gasteiger charge is 2.08. The summed E-state index contributed by atoms with van der Waals surface area (Å²) < 4.78 is 18.6. The highest BCUT2D eigenvalue weighted by molar-refractivity contribution is 5.73. The predicted octanol–water partition coefficient (Wildman–Crippen LogP) is 1.92. The number of aliphatic hydroxyl groups excluding tert-OH is 1. The van der Waals surface area contributed by atoms with E-state index in [1.54, 1.807) is 13.0 Å². The lowest BCUT2D eigenvalue weighted by Crippen LogP contribution is -2.34. The number of benzene rings is 1. The van der Waals surface area contributed by atoms with Crippen molar-refractivity contribution in [3.05, 3.63) is 52.5 Å². The molecule has 6 nitrogen and oxygen atoms in total. The minimum Gasteiger partial charge on any atom is -0.444 e. The van der Waals surface area contributed by atoms with Gasteiger partial charge in [-0.15, -0.1) is 0 Å². The van der Waals surface area contributed by atoms with Crippen molar-refractivity contribution in [2.75, 3.05) is 0 Å². The second-order valence-electron chi connectivity index (χ2n) is 4.87. The molecule has 0 fully saturated rings. The van der Waals surface area contributed by atoms with Crippen LogP contribution < -0.4 is 10.6 Å². The molecule has 2 amide bonds. The maximum Gasteiger partial charge on any atom is 0.315 e. The average molecular weight is 307 g/mol. The fourth-order valence-electron chi connectivity index (χ4n) is 1.87. The predicted molar refractivity (Wildman–Crippen MR) is 77.4 cm³/mol. The number of carbonyl (C=O) groups is 1. The molecule has 1 aromatic heterocycles. The Morgan fingerprint density at radius 2 is 2.05 bits per heavy atom. The van der Waals surface area contributed by atoms with Gasteiger partial charge in [0.2, 0.25) is 5.89 Å². The highest BCUT2D eigenvalue weighted by Crippen LogP contribution is 2.10. The summed E-state index contributed by atoms with van der Waals surface area (Å²) in [5.74, 6) is 0.694. The van der Waals surface area contributed by atoms with Gasteiger partial charge in [0, 0.05) is 12.1 Å². The number of oxazole rings is 1. The Hall–Kier alpha value is -2.41. The van der Waals surface area contributed by atoms with Gasteiger partial charge in [0.05, 0.1) is 18.8 Å². The summed E-state index contributed by atoms with van der Waals surface area (Å²) in [7, 11) is 0. The molecule has 0 aliphatic rings. The largest absolute Gasteiger partial charge is 0.444 e. The van der Waals surface area contributed by atoms with Crippen molar-refractivity contribution in [3.8, 4) is 0 Å². The normalized spacial score (nSPS) is 10.5. The van der Waals surface area contributed by atoms with Crippen molar-refractivity contribution in [2.45, 2.75) is 33.5 Å². The minimum absolute atomic E-state index is 0.186. The second kappa shape index (κ2) is 7.04. The molecule has 0 bridgehead atoms. The van der Waals surface area contributed by atoms with E-state index in [-0.39, 0.29) is 31.3 Å². The van der Waals surface area contributed by atoms with E-state index in [1.807, 2.05) is 6.92 Å². The molecule has 0 unspecified atom stereocenters. The molecule has 0 aliphatic heterocycles. The molecule has 118 valence electrons. The first-order valence-electron chi connectivity index (χ1n) is 6.82. The number of rotatable bonds is 5. The third-order valence-electron chi connectivity index (χ3n) is 3.21. The van der Waals surface area contributed by atoms with Crippen LogP contribution in [-0.4, -0.2) is 16.1 Å². The molecule has 0 spiro atoms. The number of halogens is 1. The maximum absolute atomic E-state index is 13.2. The average Bonchev–Trinajstić information content (AvgIpc) is 2.83. The van der Waals surface area contributed by atoms with Crippen LogP contribution in [-0.2, 0) is 19.7 Å². The van der Waals surface area contributed by atoms with Gasteiger partial charge in [-0.2, -0.15) is 0 Å². The molecule has 1 aromatic carbocycles. The van der Waals surface area contributed by atoms with Crippen LogP contribution in [0.15, 0.2) is 22.6 Å². The molecule has 2 aromatic rings. The van der Waals surface area contributed by atoms with E-state index in [9.17, 15) is 9.18 Å². The third kappa shape index (κ3) is 4.05. The summed E-state index contributed by atoms with van der Waals surface area (Å²) in [5, 5.41) is 14.3. The van der Waals surface area contributed by atoms with Crippen LogP contribution in [0.4, 0.5) is 9.18 Å². The third-order valence-corrected chi connectivity index (χ3v) is 3.21. The van der Waals surface area contributed by atoms with Crippen LogP contribution in [0.25, 0.3) is 0 Å². The van der Waals surface area contributed by atoms with Crippen LogP contribution >= 0.6 is 0 Å². The fourth-order valence-corrected chi connectivity index (χ4v) is 1.87. The number of nitrogens with one attached hydrogen (secondary N) is 2. The van der Waals surface area contributed by atoms with E-state index in [0.29, 0.717) is 11.5 Å². The molecular formula is C15H18FN3O3. The standard InChI is InChI=1S/C15H18FN3O3/c1-9-10(2)22-14(19-9)7-18-15(21)17-6-11-3-4-13(16)12(5-11)8-20/h3-5,20H,6-8H2,1-2H3,(H2,17,18,21). The van der Waals surface area contributed by atoms with Gasteiger partial charge >= 0.3 is 6.03 Å². The van der Waals surface area contributed by atoms with E-state index in [2.05, 4.69) is 15.6 Å². The van der Waals surface area contributed by atoms with Crippen molar-refractivity contribution in [3.63, 3.8) is 0 Å². The topological polar surface area (TPSA) is 87.4 Å². The zero-order chi connectivity index (χ0) is 16.1. The van der Waals surface area contributed by atoms with Crippen LogP contribution in [0.5, 0.6) is 0 Å². The molecule has 22 heavy (non-hydrogen) atoms. The smallest absolute Gasteiger partial charge is 0.315 e. The Labute approximate surface area is 127 Å². The van der Waals surface area contributed by atoms with E-state index in [0.717, 1.165) is 11.5 Å². The summed E-state index contributed by atoms with van der Waals surface area (Å²) in [6, 6.07) is 3.94. The Morgan fingerprint density at radius 3 is 2.68 bits per heavy atom. The lowest BCUT2D eigenvalue weighted by Gasteiger charge is -2.08. The number of aromatic nitrogens is 1. The van der Waals surface area contributed by atoms with Crippen LogP contribution in [0, 0.1) is 19.7 Å². The Kier molecular flexibility index (Phi) is 5.11. The maximum atomic E-state index is 13.2. The quantitative estimate of drug-likeness (QED) is 0.787. The molecule has 7 heteroatoms. The van der Waals surface area contributed by atoms with Gasteiger partial charge < -0.3 is 20.2 Å². The zero-order valence-corrected chi connectivity index (χ0v) is 12.4. The molecule has 1 heterocycles. The van der Waals surface area contributed by atoms with Gasteiger partial charge in [0.1, 0.15) is 11.6 Å². The van der Waals surface area contributed by atoms with Crippen molar-refractivity contribution >= 4 is 6.03 Å². The van der Waals surface area contributed by atoms with Gasteiger partial charge in [-0.05, 0) is 31.5 Å². The van der Waals surface area contributed by atoms with Crippen molar-refractivity contribution in [1.82, 2.24) is 15.6 Å². The first-order chi connectivity index (χ1) is 10.5. The highest BCUT2D eigenvalue weighted by atomic mass is 19.1. The number of carbonyl (C=O) groups excluding carboxylic acids is 1. The second-order valence-corrected chi connectivity index (χ2v) is 4.87. The molecule has 0 aliphatic carbocycles. The number of urea groups is 1. The molecule has 0 atom stereocenters. The first kappa shape index (κ1) is 16.0. The first-order valence-corrected chi connectivity index (χ1v) is 6.82. The van der Waals surface area contributed by atoms with Crippen molar-refractivity contribution in [2.24, 2.45) is 0 Å². The summed E-state index contributed by atoms with van der Waals surface area (Å²) in [6.45, 7) is 3.66. The Bertz CT molecular complexity index is 651. The van der Waals surface area contributed by atoms with Crippen LogP contribution in [0.2, 0.25) is 0 Å². The van der Waals surface area contributed by atoms with Gasteiger partial charge in [-0.25, -0.2) is 14.2 Å². The fraction of sp³-hybridized carbons (Fsp3) is 0.333. The number of aliphatic hydroxyl groups is 1. The molecule has 0 radical (unpaired) electrons. The molecule has 0 saturated heterocycles. The summed E-state index contributed by atoms with van der Waals surface area (Å²) in [6.07, 6.45) is 0. The number of nitrogens with zero attached hydrogens (tertiary/aromatic N) is 1. The van der Waals surface area contributed by atoms with Crippen molar-refractivity contribution in [1.29, 1.82) is 0 Å². The van der Waals surface area contributed by atoms with E-state index >= 15 is 0 Å². The van der Waals surface area contributed by atoms with Gasteiger partial charge in [0.15, 0.2) is 0 Å². The van der Waals surface area contributed by atoms with Gasteiger partial charge in [-0.1, -0.05) is 6.07 Å². The molecular weight excluding hydrogens is 289 g/mol. The number of hydrogen-bond acceptors (Lipinski definition) is 4. The van der Waals surface area contributed by atoms with E-state index in [1.165, 1.54) is 12.1 Å². The van der Waals surface area contributed by atoms with E-state index in [4.69, 9.17) is 9.52 Å². The van der Waals surface area contributed by atoms with Crippen molar-refractivity contribution < 1.29 is 18.7 Å². The summed E-state index contributed by atoms with van der Waals surface area (Å²) in [5.41, 5.74) is 1.69. The van der Waals surface area contributed by atoms with Gasteiger partial charge in [-0.3, -0.25) is 0 Å². The molecule has 3 N–H and O–H groups in total. The van der Waals surface area contributed by atoms with Gasteiger partial charge in [0.25, 0.3) is 0 Å². The number of hydrogen-bond donors (Lipinski definition) is 3. The summed E-state index contributed by atoms with van der Waals surface area (Å²) >= 11 is 0. The monoisotopic (exact) mass is 307 g/mol. The number of aryl methyl sites for hydroxylation is 2.